The number of phenolic OH excluding ortho intramolecular Hbond substituents is 1. The molecule has 5 rings (SSSR count). The molecule has 1 aliphatic heterocycles. The molecule has 0 fully saturated rings. The number of anilines is 1. The molecular formula is C21H18N4O3S. The maximum Gasteiger partial charge on any atom is 0.226 e. The van der Waals surface area contributed by atoms with Crippen molar-refractivity contribution in [3.8, 4) is 16.6 Å². The van der Waals surface area contributed by atoms with Crippen molar-refractivity contribution in [1.29, 1.82) is 0 Å². The Labute approximate surface area is 170 Å². The lowest BCUT2D eigenvalue weighted by Crippen LogP contribution is -2.24. The lowest BCUT2D eigenvalue weighted by atomic mass is 9.87. The first-order valence-corrected chi connectivity index (χ1v) is 10.1. The highest BCUT2D eigenvalue weighted by Crippen LogP contribution is 2.41. The summed E-state index contributed by atoms with van der Waals surface area (Å²) in [5.41, 5.74) is 2.71. The number of aromatic nitrogens is 3. The highest BCUT2D eigenvalue weighted by atomic mass is 32.1. The first kappa shape index (κ1) is 17.7. The zero-order valence-electron chi connectivity index (χ0n) is 15.6. The number of carbonyl (C=O) groups excluding carboxylic acids is 1. The quantitative estimate of drug-likeness (QED) is 0.533. The number of nitrogens with zero attached hydrogens (tertiary/aromatic N) is 3. The number of phenols is 1. The second-order valence-electron chi connectivity index (χ2n) is 6.79. The molecule has 0 saturated heterocycles. The van der Waals surface area contributed by atoms with E-state index in [-0.39, 0.29) is 17.6 Å². The number of para-hydroxylation sites is 1. The Bertz CT molecular complexity index is 1200. The van der Waals surface area contributed by atoms with E-state index in [1.54, 1.807) is 23.0 Å². The van der Waals surface area contributed by atoms with Crippen molar-refractivity contribution in [3.05, 3.63) is 59.8 Å². The van der Waals surface area contributed by atoms with Gasteiger partial charge in [0.05, 0.1) is 23.0 Å². The molecule has 1 aliphatic rings. The Hall–Kier alpha value is -3.39. The van der Waals surface area contributed by atoms with Crippen LogP contribution in [0.5, 0.6) is 11.5 Å². The number of hydrogen-bond donors (Lipinski definition) is 2. The molecule has 0 aliphatic carbocycles. The van der Waals surface area contributed by atoms with E-state index in [4.69, 9.17) is 4.74 Å². The van der Waals surface area contributed by atoms with Gasteiger partial charge >= 0.3 is 0 Å². The van der Waals surface area contributed by atoms with Gasteiger partial charge in [-0.25, -0.2) is 4.98 Å². The summed E-state index contributed by atoms with van der Waals surface area (Å²) in [7, 11) is 0. The van der Waals surface area contributed by atoms with Crippen LogP contribution in [0.1, 0.15) is 30.4 Å². The molecule has 1 unspecified atom stereocenters. The summed E-state index contributed by atoms with van der Waals surface area (Å²) >= 11 is 1.52. The van der Waals surface area contributed by atoms with E-state index in [0.29, 0.717) is 29.7 Å². The number of ether oxygens (including phenoxy) is 1. The largest absolute Gasteiger partial charge is 0.504 e. The van der Waals surface area contributed by atoms with Crippen LogP contribution in [-0.4, -0.2) is 32.4 Å². The molecule has 2 aromatic heterocycles. The zero-order valence-corrected chi connectivity index (χ0v) is 16.4. The average Bonchev–Trinajstić information content (AvgIpc) is 3.32. The Morgan fingerprint density at radius 3 is 3.00 bits per heavy atom. The molecule has 0 saturated carbocycles. The topological polar surface area (TPSA) is 89.3 Å². The summed E-state index contributed by atoms with van der Waals surface area (Å²) in [5.74, 6) is 0.867. The standard InChI is InChI=1S/C21H18N4O3S/c1-2-28-17-9-12(7-8-16(17)26)13-10-19(27)24-20-14(13)11-22-25(20)21-23-15-5-3-4-6-18(15)29-21/h3-9,11,13,26H,2,10H2,1H3,(H,24,27). The highest BCUT2D eigenvalue weighted by molar-refractivity contribution is 7.20. The van der Waals surface area contributed by atoms with Crippen LogP contribution >= 0.6 is 11.3 Å². The van der Waals surface area contributed by atoms with Gasteiger partial charge in [-0.2, -0.15) is 9.78 Å². The second-order valence-corrected chi connectivity index (χ2v) is 7.80. The molecule has 3 heterocycles. The van der Waals surface area contributed by atoms with E-state index in [2.05, 4.69) is 15.4 Å². The minimum atomic E-state index is -0.179. The van der Waals surface area contributed by atoms with Gasteiger partial charge in [0.2, 0.25) is 11.0 Å². The van der Waals surface area contributed by atoms with Crippen LogP contribution in [0.15, 0.2) is 48.7 Å². The van der Waals surface area contributed by atoms with Gasteiger partial charge in [0.1, 0.15) is 5.82 Å². The van der Waals surface area contributed by atoms with Gasteiger partial charge in [0.15, 0.2) is 11.5 Å². The number of hydrogen-bond acceptors (Lipinski definition) is 6. The molecular weight excluding hydrogens is 388 g/mol. The first-order valence-electron chi connectivity index (χ1n) is 9.33. The van der Waals surface area contributed by atoms with Crippen LogP contribution in [0.3, 0.4) is 0 Å². The average molecular weight is 406 g/mol. The van der Waals surface area contributed by atoms with Crippen LogP contribution in [0, 0.1) is 0 Å². The van der Waals surface area contributed by atoms with Gasteiger partial charge in [-0.1, -0.05) is 29.5 Å². The molecule has 1 amide bonds. The van der Waals surface area contributed by atoms with Gasteiger partial charge in [0, 0.05) is 17.9 Å². The number of amides is 1. The first-order chi connectivity index (χ1) is 14.1. The minimum Gasteiger partial charge on any atom is -0.504 e. The van der Waals surface area contributed by atoms with E-state index in [1.807, 2.05) is 37.3 Å². The molecule has 4 aromatic rings. The summed E-state index contributed by atoms with van der Waals surface area (Å²) in [6.45, 7) is 2.31. The van der Waals surface area contributed by atoms with Crippen LogP contribution in [-0.2, 0) is 4.79 Å². The number of thiazole rings is 1. The molecule has 7 nitrogen and oxygen atoms in total. The third kappa shape index (κ3) is 3.01. The fourth-order valence-electron chi connectivity index (χ4n) is 3.63. The van der Waals surface area contributed by atoms with E-state index in [1.165, 1.54) is 11.3 Å². The van der Waals surface area contributed by atoms with E-state index in [0.717, 1.165) is 21.3 Å². The molecule has 2 aromatic carbocycles. The Morgan fingerprint density at radius 2 is 2.17 bits per heavy atom. The van der Waals surface area contributed by atoms with Crippen LogP contribution in [0.4, 0.5) is 5.82 Å². The van der Waals surface area contributed by atoms with E-state index < -0.39 is 0 Å². The van der Waals surface area contributed by atoms with Crippen molar-refractivity contribution in [2.75, 3.05) is 11.9 Å². The number of aromatic hydroxyl groups is 1. The van der Waals surface area contributed by atoms with E-state index >= 15 is 0 Å². The third-order valence-electron chi connectivity index (χ3n) is 4.97. The summed E-state index contributed by atoms with van der Waals surface area (Å²) < 4.78 is 8.26. The molecule has 2 N–H and O–H groups in total. The van der Waals surface area contributed by atoms with Gasteiger partial charge in [-0.15, -0.1) is 0 Å². The Balaban J connectivity index is 1.59. The SMILES string of the molecule is CCOc1cc(C2CC(=O)Nc3c2cnn3-c2nc3ccccc3s2)ccc1O. The number of nitrogens with one attached hydrogen (secondary N) is 1. The molecule has 1 atom stereocenters. The monoisotopic (exact) mass is 406 g/mol. The summed E-state index contributed by atoms with van der Waals surface area (Å²) in [6.07, 6.45) is 2.08. The van der Waals surface area contributed by atoms with Crippen molar-refractivity contribution in [2.45, 2.75) is 19.3 Å². The zero-order chi connectivity index (χ0) is 20.0. The van der Waals surface area contributed by atoms with Crippen molar-refractivity contribution in [1.82, 2.24) is 14.8 Å². The summed E-state index contributed by atoms with van der Waals surface area (Å²) in [4.78, 5) is 17.1. The van der Waals surface area contributed by atoms with Gasteiger partial charge in [-0.3, -0.25) is 4.79 Å². The van der Waals surface area contributed by atoms with Crippen molar-refractivity contribution in [2.24, 2.45) is 0 Å². The Morgan fingerprint density at radius 1 is 1.31 bits per heavy atom. The second kappa shape index (κ2) is 6.89. The van der Waals surface area contributed by atoms with Crippen LogP contribution < -0.4 is 10.1 Å². The summed E-state index contributed by atoms with van der Waals surface area (Å²) in [5, 5.41) is 18.2. The molecule has 0 radical (unpaired) electrons. The summed E-state index contributed by atoms with van der Waals surface area (Å²) in [6, 6.07) is 13.1. The predicted octanol–water partition coefficient (Wildman–Crippen LogP) is 4.06. The van der Waals surface area contributed by atoms with E-state index in [9.17, 15) is 9.90 Å². The molecule has 29 heavy (non-hydrogen) atoms. The van der Waals surface area contributed by atoms with Gasteiger partial charge in [0.25, 0.3) is 0 Å². The van der Waals surface area contributed by atoms with Crippen LogP contribution in [0.25, 0.3) is 15.3 Å². The maximum atomic E-state index is 12.5. The number of benzene rings is 2. The normalized spacial score (nSPS) is 15.9. The predicted molar refractivity (Wildman–Crippen MR) is 111 cm³/mol. The fourth-order valence-corrected chi connectivity index (χ4v) is 4.56. The fraction of sp³-hybridized carbons (Fsp3) is 0.190. The lowest BCUT2D eigenvalue weighted by molar-refractivity contribution is -0.116. The Kier molecular flexibility index (Phi) is 4.21. The van der Waals surface area contributed by atoms with Crippen molar-refractivity contribution >= 4 is 33.3 Å². The third-order valence-corrected chi connectivity index (χ3v) is 5.98. The smallest absolute Gasteiger partial charge is 0.226 e. The van der Waals surface area contributed by atoms with Crippen molar-refractivity contribution in [3.63, 3.8) is 0 Å². The number of rotatable bonds is 4. The van der Waals surface area contributed by atoms with Gasteiger partial charge < -0.3 is 15.2 Å². The molecule has 0 bridgehead atoms. The maximum absolute atomic E-state index is 12.5. The van der Waals surface area contributed by atoms with Crippen LogP contribution in [0.2, 0.25) is 0 Å². The lowest BCUT2D eigenvalue weighted by Gasteiger charge is -2.24. The number of carbonyl (C=O) groups is 1. The molecule has 146 valence electrons. The number of fused-ring (bicyclic) bond motifs is 2. The molecule has 0 spiro atoms. The van der Waals surface area contributed by atoms with Crippen molar-refractivity contribution < 1.29 is 14.6 Å². The molecule has 8 heteroatoms. The van der Waals surface area contributed by atoms with Gasteiger partial charge in [-0.05, 0) is 36.8 Å². The highest BCUT2D eigenvalue weighted by Gasteiger charge is 2.31. The minimum absolute atomic E-state index is 0.0845.